The lowest BCUT2D eigenvalue weighted by atomic mass is 10.00. The van der Waals surface area contributed by atoms with Gasteiger partial charge in [-0.15, -0.1) is 11.3 Å². The van der Waals surface area contributed by atoms with E-state index in [2.05, 4.69) is 5.32 Å². The molecule has 154 valence electrons. The summed E-state index contributed by atoms with van der Waals surface area (Å²) in [6, 6.07) is 5.11. The number of Topliss-reactive ketones (excluding diaryl/α,β-unsaturated/α-hetero) is 1. The number of ketones is 1. The zero-order valence-electron chi connectivity index (χ0n) is 16.4. The number of hydrogen-bond donors (Lipinski definition) is 3. The molecule has 0 saturated carbocycles. The Bertz CT molecular complexity index is 1010. The molecule has 1 atom stereocenters. The molecule has 0 aliphatic carbocycles. The van der Waals surface area contributed by atoms with Crippen LogP contribution in [0.4, 0.5) is 4.79 Å². The minimum absolute atomic E-state index is 0.210. The summed E-state index contributed by atoms with van der Waals surface area (Å²) < 4.78 is 5.28. The van der Waals surface area contributed by atoms with E-state index in [0.717, 1.165) is 9.75 Å². The van der Waals surface area contributed by atoms with Crippen LogP contribution in [0.5, 0.6) is 5.75 Å². The number of amides is 1. The van der Waals surface area contributed by atoms with E-state index in [-0.39, 0.29) is 17.2 Å². The average Bonchev–Trinajstić information content (AvgIpc) is 3.04. The van der Waals surface area contributed by atoms with Crippen LogP contribution in [0.3, 0.4) is 0 Å². The molecule has 3 N–H and O–H groups in total. The molecule has 0 saturated heterocycles. The fourth-order valence-electron chi connectivity index (χ4n) is 2.66. The van der Waals surface area contributed by atoms with Crippen molar-refractivity contribution in [3.63, 3.8) is 0 Å². The second-order valence-corrected chi connectivity index (χ2v) is 7.95. The van der Waals surface area contributed by atoms with Crippen molar-refractivity contribution in [1.82, 2.24) is 5.32 Å². The Morgan fingerprint density at radius 1 is 1.34 bits per heavy atom. The summed E-state index contributed by atoms with van der Waals surface area (Å²) in [7, 11) is 0. The maximum Gasteiger partial charge on any atom is 0.408 e. The highest BCUT2D eigenvalue weighted by Gasteiger charge is 2.22. The average molecular weight is 417 g/mol. The smallest absolute Gasteiger partial charge is 0.408 e. The van der Waals surface area contributed by atoms with Gasteiger partial charge in [-0.2, -0.15) is 0 Å². The summed E-state index contributed by atoms with van der Waals surface area (Å²) in [5, 5.41) is 20.9. The molecule has 7 nitrogen and oxygen atoms in total. The minimum Gasteiger partial charge on any atom is -0.507 e. The first-order valence-corrected chi connectivity index (χ1v) is 9.81. The maximum absolute atomic E-state index is 12.6. The Balaban J connectivity index is 2.15. The number of nitrogens with one attached hydrogen (secondary N) is 1. The number of rotatable bonds is 8. The summed E-state index contributed by atoms with van der Waals surface area (Å²) >= 11 is 1.52. The highest BCUT2D eigenvalue weighted by atomic mass is 32.1. The number of thiophene rings is 1. The summed E-state index contributed by atoms with van der Waals surface area (Å²) in [5.74, 6) is -0.937. The molecule has 0 bridgehead atoms. The molecular formula is C21H23NO6S. The quantitative estimate of drug-likeness (QED) is 0.425. The standard InChI is InChI=1S/C21H23NO6S/c1-12(6-4-5-9-22-21(26)27)17-11-16(23)18(20(25)28-17)19(24)13(2)10-15-8-7-14(3)29-15/h5,7-12,22-23H,4,6H2,1-3H3,(H,26,27)/b9-5?,13-10+. The fourth-order valence-corrected chi connectivity index (χ4v) is 3.54. The zero-order chi connectivity index (χ0) is 21.6. The number of hydrogen-bond acceptors (Lipinski definition) is 6. The SMILES string of the molecule is C/C(=C\c1ccc(C)s1)C(=O)c1c(O)cc(C(C)CCC=CNC(=O)O)oc1=O. The molecule has 1 unspecified atom stereocenters. The molecule has 29 heavy (non-hydrogen) atoms. The molecule has 2 aromatic rings. The molecule has 0 aliphatic heterocycles. The van der Waals surface area contributed by atoms with Gasteiger partial charge >= 0.3 is 11.7 Å². The number of carbonyl (C=O) groups excluding carboxylic acids is 1. The van der Waals surface area contributed by atoms with Crippen molar-refractivity contribution in [2.75, 3.05) is 0 Å². The van der Waals surface area contributed by atoms with Crippen LogP contribution < -0.4 is 10.9 Å². The molecule has 2 rings (SSSR count). The first kappa shape index (κ1) is 22.2. The number of carbonyl (C=O) groups is 2. The molecule has 1 amide bonds. The third-order valence-corrected chi connectivity index (χ3v) is 5.18. The monoisotopic (exact) mass is 417 g/mol. The van der Waals surface area contributed by atoms with E-state index < -0.39 is 23.3 Å². The van der Waals surface area contributed by atoms with Gasteiger partial charge in [0.05, 0.1) is 0 Å². The second kappa shape index (κ2) is 9.88. The van der Waals surface area contributed by atoms with Gasteiger partial charge in [0.2, 0.25) is 0 Å². The Morgan fingerprint density at radius 3 is 2.66 bits per heavy atom. The number of aryl methyl sites for hydroxylation is 1. The van der Waals surface area contributed by atoms with E-state index in [4.69, 9.17) is 9.52 Å². The first-order valence-electron chi connectivity index (χ1n) is 9.00. The Morgan fingerprint density at radius 2 is 2.07 bits per heavy atom. The Hall–Kier alpha value is -3.13. The molecule has 0 aromatic carbocycles. The normalized spacial score (nSPS) is 12.9. The van der Waals surface area contributed by atoms with Gasteiger partial charge in [0, 0.05) is 27.9 Å². The van der Waals surface area contributed by atoms with Gasteiger partial charge in [0.1, 0.15) is 17.1 Å². The lowest BCUT2D eigenvalue weighted by Gasteiger charge is -2.11. The van der Waals surface area contributed by atoms with Crippen molar-refractivity contribution in [2.45, 2.75) is 39.5 Å². The van der Waals surface area contributed by atoms with Crippen LogP contribution in [0.2, 0.25) is 0 Å². The lowest BCUT2D eigenvalue weighted by Crippen LogP contribution is -2.16. The summed E-state index contributed by atoms with van der Waals surface area (Å²) in [4.78, 5) is 37.3. The third-order valence-electron chi connectivity index (χ3n) is 4.23. The van der Waals surface area contributed by atoms with Gasteiger partial charge in [-0.25, -0.2) is 9.59 Å². The van der Waals surface area contributed by atoms with Crippen LogP contribution in [0.15, 0.2) is 45.3 Å². The minimum atomic E-state index is -1.15. The lowest BCUT2D eigenvalue weighted by molar-refractivity contribution is 0.102. The Labute approximate surface area is 172 Å². The summed E-state index contributed by atoms with van der Waals surface area (Å²) in [6.07, 6.45) is 4.57. The van der Waals surface area contributed by atoms with Gasteiger partial charge in [-0.3, -0.25) is 10.1 Å². The second-order valence-electron chi connectivity index (χ2n) is 6.63. The molecular weight excluding hydrogens is 394 g/mol. The fraction of sp³-hybridized carbons (Fsp3) is 0.286. The van der Waals surface area contributed by atoms with Crippen molar-refractivity contribution in [3.8, 4) is 5.75 Å². The van der Waals surface area contributed by atoms with Crippen molar-refractivity contribution in [2.24, 2.45) is 0 Å². The maximum atomic E-state index is 12.6. The third kappa shape index (κ3) is 6.18. The topological polar surface area (TPSA) is 117 Å². The van der Waals surface area contributed by atoms with Crippen molar-refractivity contribution < 1.29 is 24.2 Å². The molecule has 0 spiro atoms. The van der Waals surface area contributed by atoms with E-state index >= 15 is 0 Å². The predicted octanol–water partition coefficient (Wildman–Crippen LogP) is 4.67. The van der Waals surface area contributed by atoms with E-state index in [0.29, 0.717) is 18.4 Å². The largest absolute Gasteiger partial charge is 0.507 e. The highest BCUT2D eigenvalue weighted by molar-refractivity contribution is 7.12. The molecule has 2 heterocycles. The first-order chi connectivity index (χ1) is 13.7. The summed E-state index contributed by atoms with van der Waals surface area (Å²) in [6.45, 7) is 5.35. The van der Waals surface area contributed by atoms with Crippen LogP contribution in [0.1, 0.15) is 58.5 Å². The van der Waals surface area contributed by atoms with Crippen LogP contribution in [-0.2, 0) is 0 Å². The highest BCUT2D eigenvalue weighted by Crippen LogP contribution is 2.26. The molecule has 2 aromatic heterocycles. The van der Waals surface area contributed by atoms with Gasteiger partial charge in [0.15, 0.2) is 5.78 Å². The van der Waals surface area contributed by atoms with E-state index in [9.17, 15) is 19.5 Å². The van der Waals surface area contributed by atoms with E-state index in [1.54, 1.807) is 19.1 Å². The van der Waals surface area contributed by atoms with Gasteiger partial charge in [0.25, 0.3) is 0 Å². The van der Waals surface area contributed by atoms with Crippen LogP contribution in [0.25, 0.3) is 6.08 Å². The van der Waals surface area contributed by atoms with Crippen LogP contribution >= 0.6 is 11.3 Å². The molecule has 0 fully saturated rings. The van der Waals surface area contributed by atoms with Gasteiger partial charge in [-0.05, 0) is 50.5 Å². The summed E-state index contributed by atoms with van der Waals surface area (Å²) in [5.41, 5.74) is -0.935. The van der Waals surface area contributed by atoms with Gasteiger partial charge < -0.3 is 14.6 Å². The molecule has 8 heteroatoms. The van der Waals surface area contributed by atoms with Crippen molar-refractivity contribution >= 4 is 29.3 Å². The van der Waals surface area contributed by atoms with Crippen LogP contribution in [-0.4, -0.2) is 22.1 Å². The van der Waals surface area contributed by atoms with Crippen LogP contribution in [0, 0.1) is 6.92 Å². The predicted molar refractivity (Wildman–Crippen MR) is 112 cm³/mol. The van der Waals surface area contributed by atoms with E-state index in [1.807, 2.05) is 26.0 Å². The van der Waals surface area contributed by atoms with Crippen molar-refractivity contribution in [1.29, 1.82) is 0 Å². The van der Waals surface area contributed by atoms with Crippen molar-refractivity contribution in [3.05, 3.63) is 67.5 Å². The zero-order valence-corrected chi connectivity index (χ0v) is 17.2. The number of aromatic hydroxyl groups is 1. The van der Waals surface area contributed by atoms with E-state index in [1.165, 1.54) is 23.6 Å². The molecule has 0 aliphatic rings. The van der Waals surface area contributed by atoms with Gasteiger partial charge in [-0.1, -0.05) is 13.0 Å². The number of carboxylic acid groups (broad SMARTS) is 1. The Kier molecular flexibility index (Phi) is 7.55. The molecule has 0 radical (unpaired) electrons. The number of allylic oxidation sites excluding steroid dienone is 2.